The van der Waals surface area contributed by atoms with Crippen LogP contribution in [0.3, 0.4) is 0 Å². The van der Waals surface area contributed by atoms with Crippen molar-refractivity contribution in [3.63, 3.8) is 0 Å². The molecule has 158 valence electrons. The number of carbonyl (C=O) groups excluding carboxylic acids is 2. The predicted octanol–water partition coefficient (Wildman–Crippen LogP) is 3.86. The first-order chi connectivity index (χ1) is 13.5. The third-order valence-electron chi connectivity index (χ3n) is 4.55. The monoisotopic (exact) mass is 399 g/mol. The molecule has 7 nitrogen and oxygen atoms in total. The molecule has 1 heterocycles. The van der Waals surface area contributed by atoms with Gasteiger partial charge in [-0.25, -0.2) is 9.48 Å². The van der Waals surface area contributed by atoms with E-state index in [9.17, 15) is 9.59 Å². The molecule has 3 amide bonds. The molecule has 1 aromatic heterocycles. The summed E-state index contributed by atoms with van der Waals surface area (Å²) >= 11 is 0. The molecule has 0 saturated heterocycles. The summed E-state index contributed by atoms with van der Waals surface area (Å²) in [6.45, 7) is 14.4. The second-order valence-corrected chi connectivity index (χ2v) is 8.52. The van der Waals surface area contributed by atoms with Crippen LogP contribution in [0.4, 0.5) is 10.6 Å². The summed E-state index contributed by atoms with van der Waals surface area (Å²) < 4.78 is 1.74. The zero-order valence-corrected chi connectivity index (χ0v) is 18.5. The molecular weight excluding hydrogens is 366 g/mol. The van der Waals surface area contributed by atoms with Gasteiger partial charge in [0.1, 0.15) is 12.4 Å². The molecule has 7 heteroatoms. The van der Waals surface area contributed by atoms with Gasteiger partial charge in [-0.3, -0.25) is 4.79 Å². The van der Waals surface area contributed by atoms with E-state index >= 15 is 0 Å². The van der Waals surface area contributed by atoms with Crippen LogP contribution in [0.25, 0.3) is 5.69 Å². The van der Waals surface area contributed by atoms with Gasteiger partial charge in [0.2, 0.25) is 5.91 Å². The Kier molecular flexibility index (Phi) is 7.06. The van der Waals surface area contributed by atoms with Gasteiger partial charge in [-0.15, -0.1) is 0 Å². The number of hydrogen-bond donors (Lipinski definition) is 2. The molecular formula is C22H33N5O2. The fraction of sp³-hybridized carbons (Fsp3) is 0.500. The van der Waals surface area contributed by atoms with Crippen molar-refractivity contribution in [1.29, 1.82) is 0 Å². The van der Waals surface area contributed by atoms with Crippen LogP contribution in [0, 0.1) is 6.92 Å². The van der Waals surface area contributed by atoms with E-state index in [2.05, 4.69) is 31.4 Å². The molecule has 1 aromatic carbocycles. The first-order valence-electron chi connectivity index (χ1n) is 10.0. The Labute approximate surface area is 173 Å². The summed E-state index contributed by atoms with van der Waals surface area (Å²) in [6.07, 6.45) is 0. The van der Waals surface area contributed by atoms with Gasteiger partial charge >= 0.3 is 6.03 Å². The maximum absolute atomic E-state index is 12.8. The molecule has 2 rings (SSSR count). The second kappa shape index (κ2) is 9.11. The van der Waals surface area contributed by atoms with Gasteiger partial charge in [-0.2, -0.15) is 5.10 Å². The van der Waals surface area contributed by atoms with Crippen LogP contribution < -0.4 is 10.6 Å². The van der Waals surface area contributed by atoms with Gasteiger partial charge in [-0.05, 0) is 39.8 Å². The number of nitrogens with zero attached hydrogens (tertiary/aromatic N) is 3. The van der Waals surface area contributed by atoms with E-state index in [0.29, 0.717) is 12.4 Å². The summed E-state index contributed by atoms with van der Waals surface area (Å²) in [7, 11) is 0. The molecule has 0 aliphatic rings. The smallest absolute Gasteiger partial charge is 0.318 e. The number of rotatable bonds is 6. The number of nitrogens with one attached hydrogen (secondary N) is 2. The maximum Gasteiger partial charge on any atom is 0.318 e. The van der Waals surface area contributed by atoms with Gasteiger partial charge in [0.05, 0.1) is 11.4 Å². The Morgan fingerprint density at radius 2 is 1.79 bits per heavy atom. The van der Waals surface area contributed by atoms with Crippen molar-refractivity contribution < 1.29 is 9.59 Å². The number of aryl methyl sites for hydroxylation is 1. The highest BCUT2D eigenvalue weighted by Gasteiger charge is 2.23. The lowest BCUT2D eigenvalue weighted by molar-refractivity contribution is -0.117. The molecule has 0 unspecified atom stereocenters. The molecule has 0 bridgehead atoms. The summed E-state index contributed by atoms with van der Waals surface area (Å²) in [6, 6.07) is 9.51. The van der Waals surface area contributed by atoms with Crippen LogP contribution in [0.2, 0.25) is 0 Å². The first kappa shape index (κ1) is 22.5. The van der Waals surface area contributed by atoms with Gasteiger partial charge in [0.15, 0.2) is 0 Å². The Hall–Kier alpha value is -2.83. The van der Waals surface area contributed by atoms with Crippen molar-refractivity contribution in [3.05, 3.63) is 41.6 Å². The topological polar surface area (TPSA) is 79.3 Å². The van der Waals surface area contributed by atoms with Gasteiger partial charge in [-0.1, -0.05) is 38.5 Å². The summed E-state index contributed by atoms with van der Waals surface area (Å²) in [5.41, 5.74) is 2.72. The highest BCUT2D eigenvalue weighted by Crippen LogP contribution is 2.26. The van der Waals surface area contributed by atoms with Gasteiger partial charge in [0.25, 0.3) is 0 Å². The zero-order valence-electron chi connectivity index (χ0n) is 18.5. The molecule has 2 aromatic rings. The molecule has 0 spiro atoms. The average Bonchev–Trinajstić information content (AvgIpc) is 3.04. The third kappa shape index (κ3) is 5.82. The first-order valence-corrected chi connectivity index (χ1v) is 10.0. The highest BCUT2D eigenvalue weighted by molar-refractivity contribution is 5.94. The average molecular weight is 400 g/mol. The molecule has 0 saturated carbocycles. The van der Waals surface area contributed by atoms with Crippen LogP contribution in [0.15, 0.2) is 30.3 Å². The fourth-order valence-corrected chi connectivity index (χ4v) is 2.80. The maximum atomic E-state index is 12.8. The minimum atomic E-state index is -0.265. The Balaban J connectivity index is 2.30. The van der Waals surface area contributed by atoms with E-state index in [0.717, 1.165) is 16.9 Å². The van der Waals surface area contributed by atoms with Crippen molar-refractivity contribution in [2.75, 3.05) is 18.4 Å². The van der Waals surface area contributed by atoms with Crippen molar-refractivity contribution in [1.82, 2.24) is 20.0 Å². The number of anilines is 1. The van der Waals surface area contributed by atoms with Crippen LogP contribution in [0.5, 0.6) is 0 Å². The van der Waals surface area contributed by atoms with Gasteiger partial charge < -0.3 is 15.5 Å². The highest BCUT2D eigenvalue weighted by atomic mass is 16.2. The zero-order chi connectivity index (χ0) is 21.8. The fourth-order valence-electron chi connectivity index (χ4n) is 2.80. The summed E-state index contributed by atoms with van der Waals surface area (Å²) in [5, 5.41) is 10.4. The minimum absolute atomic E-state index is 0.0343. The minimum Gasteiger partial charge on any atom is -0.338 e. The number of amides is 3. The lowest BCUT2D eigenvalue weighted by atomic mass is 9.92. The quantitative estimate of drug-likeness (QED) is 0.774. The van der Waals surface area contributed by atoms with E-state index in [1.165, 1.54) is 4.90 Å². The van der Waals surface area contributed by atoms with Crippen LogP contribution in [-0.2, 0) is 10.2 Å². The molecule has 0 fully saturated rings. The van der Waals surface area contributed by atoms with Crippen molar-refractivity contribution in [3.8, 4) is 5.69 Å². The van der Waals surface area contributed by atoms with Crippen molar-refractivity contribution in [2.24, 2.45) is 0 Å². The number of hydrogen-bond acceptors (Lipinski definition) is 3. The Bertz CT molecular complexity index is 847. The summed E-state index contributed by atoms with van der Waals surface area (Å²) in [4.78, 5) is 26.5. The van der Waals surface area contributed by atoms with Crippen LogP contribution in [-0.4, -0.2) is 45.8 Å². The molecule has 29 heavy (non-hydrogen) atoms. The molecule has 0 radical (unpaired) electrons. The van der Waals surface area contributed by atoms with Crippen molar-refractivity contribution >= 4 is 17.8 Å². The van der Waals surface area contributed by atoms with E-state index in [4.69, 9.17) is 5.10 Å². The van der Waals surface area contributed by atoms with E-state index in [1.54, 1.807) is 4.68 Å². The Morgan fingerprint density at radius 1 is 1.17 bits per heavy atom. The number of urea groups is 1. The normalized spacial score (nSPS) is 11.4. The van der Waals surface area contributed by atoms with E-state index in [1.807, 2.05) is 58.0 Å². The SMILES string of the molecule is CCNC(=O)N(CC(=O)Nc1cc(C(C)(C)C)nn1-c1ccc(C)cc1)C(C)C. The number of benzene rings is 1. The molecule has 0 aliphatic heterocycles. The van der Waals surface area contributed by atoms with Crippen molar-refractivity contribution in [2.45, 2.75) is 59.9 Å². The van der Waals surface area contributed by atoms with Crippen LogP contribution in [0.1, 0.15) is 52.8 Å². The van der Waals surface area contributed by atoms with E-state index < -0.39 is 0 Å². The predicted molar refractivity (Wildman–Crippen MR) is 117 cm³/mol. The number of aromatic nitrogens is 2. The largest absolute Gasteiger partial charge is 0.338 e. The molecule has 2 N–H and O–H groups in total. The number of carbonyl (C=O) groups is 2. The lowest BCUT2D eigenvalue weighted by Gasteiger charge is -2.26. The van der Waals surface area contributed by atoms with Gasteiger partial charge in [0, 0.05) is 24.1 Å². The second-order valence-electron chi connectivity index (χ2n) is 8.52. The summed E-state index contributed by atoms with van der Waals surface area (Å²) in [5.74, 6) is 0.321. The Morgan fingerprint density at radius 3 is 2.31 bits per heavy atom. The molecule has 0 aliphatic carbocycles. The molecule has 0 atom stereocenters. The third-order valence-corrected chi connectivity index (χ3v) is 4.55. The van der Waals surface area contributed by atoms with E-state index in [-0.39, 0.29) is 29.9 Å². The standard InChI is InChI=1S/C22H33N5O2/c1-8-23-21(29)26(15(2)3)14-20(28)24-19-13-18(22(5,6)7)25-27(19)17-11-9-16(4)10-12-17/h9-13,15H,8,14H2,1-7H3,(H,23,29)(H,24,28). The lowest BCUT2D eigenvalue weighted by Crippen LogP contribution is -2.47. The van der Waals surface area contributed by atoms with Crippen LogP contribution >= 0.6 is 0 Å².